The first-order chi connectivity index (χ1) is 13.1. The van der Waals surface area contributed by atoms with Gasteiger partial charge in [0.25, 0.3) is 0 Å². The van der Waals surface area contributed by atoms with Crippen molar-refractivity contribution in [3.8, 4) is 5.75 Å². The van der Waals surface area contributed by atoms with E-state index in [0.29, 0.717) is 13.2 Å². The van der Waals surface area contributed by atoms with E-state index in [-0.39, 0.29) is 5.97 Å². The second-order valence-electron chi connectivity index (χ2n) is 5.96. The number of carbonyl (C=O) groups excluding carboxylic acids is 1. The van der Waals surface area contributed by atoms with Gasteiger partial charge in [-0.25, -0.2) is 4.79 Å². The number of carbonyl (C=O) groups is 1. The summed E-state index contributed by atoms with van der Waals surface area (Å²) >= 11 is 0. The molecule has 1 aromatic rings. The van der Waals surface area contributed by atoms with E-state index in [1.165, 1.54) is 6.08 Å². The van der Waals surface area contributed by atoms with Gasteiger partial charge in [-0.2, -0.15) is 0 Å². The number of hydrogen-bond acceptors (Lipinski definition) is 6. The Bertz CT molecular complexity index is 546. The van der Waals surface area contributed by atoms with E-state index in [9.17, 15) is 4.79 Å². The molecule has 0 aliphatic carbocycles. The molecular formula is C20H32O6Si. The standard InChI is InChI=1S/C20H32O6Si/c1-5-25-20(21)15-12-18-10-13-19(14-11-18)26-16-8-6-7-9-17-27(22-2,23-3)24-4/h10-15H,5-9,16-17H2,1-4H3/b15-12+. The van der Waals surface area contributed by atoms with E-state index in [1.54, 1.807) is 34.3 Å². The van der Waals surface area contributed by atoms with Crippen LogP contribution in [0, 0.1) is 0 Å². The lowest BCUT2D eigenvalue weighted by atomic mass is 10.2. The summed E-state index contributed by atoms with van der Waals surface area (Å²) in [5, 5.41) is 0. The molecule has 0 heterocycles. The van der Waals surface area contributed by atoms with Gasteiger partial charge < -0.3 is 22.8 Å². The van der Waals surface area contributed by atoms with Crippen LogP contribution in [0.1, 0.15) is 38.2 Å². The highest BCUT2D eigenvalue weighted by Gasteiger charge is 2.36. The van der Waals surface area contributed by atoms with Gasteiger partial charge in [-0.3, -0.25) is 0 Å². The lowest BCUT2D eigenvalue weighted by Gasteiger charge is -2.24. The predicted octanol–water partition coefficient (Wildman–Crippen LogP) is 4.08. The van der Waals surface area contributed by atoms with Crippen LogP contribution in [0.3, 0.4) is 0 Å². The quantitative estimate of drug-likeness (QED) is 0.204. The number of hydrogen-bond donors (Lipinski definition) is 0. The van der Waals surface area contributed by atoms with Gasteiger partial charge in [0.15, 0.2) is 0 Å². The normalized spacial score (nSPS) is 11.7. The monoisotopic (exact) mass is 396 g/mol. The zero-order chi connectivity index (χ0) is 20.0. The van der Waals surface area contributed by atoms with Crippen LogP contribution in [0.4, 0.5) is 0 Å². The molecule has 7 heteroatoms. The van der Waals surface area contributed by atoms with Crippen LogP contribution >= 0.6 is 0 Å². The first kappa shape index (κ1) is 23.4. The molecule has 0 fully saturated rings. The first-order valence-corrected chi connectivity index (χ1v) is 11.3. The summed E-state index contributed by atoms with van der Waals surface area (Å²) in [6.45, 7) is 2.84. The number of rotatable bonds is 14. The van der Waals surface area contributed by atoms with Gasteiger partial charge in [-0.1, -0.05) is 25.0 Å². The Morgan fingerprint density at radius 3 is 2.19 bits per heavy atom. The molecule has 0 aliphatic rings. The minimum Gasteiger partial charge on any atom is -0.494 e. The molecule has 0 atom stereocenters. The molecule has 0 unspecified atom stereocenters. The van der Waals surface area contributed by atoms with Crippen molar-refractivity contribution in [2.45, 2.75) is 38.7 Å². The van der Waals surface area contributed by atoms with Gasteiger partial charge in [0, 0.05) is 33.4 Å². The van der Waals surface area contributed by atoms with Gasteiger partial charge >= 0.3 is 14.8 Å². The maximum atomic E-state index is 11.3. The Morgan fingerprint density at radius 1 is 0.963 bits per heavy atom. The van der Waals surface area contributed by atoms with Crippen LogP contribution in [0.2, 0.25) is 6.04 Å². The molecular weight excluding hydrogens is 364 g/mol. The van der Waals surface area contributed by atoms with E-state index >= 15 is 0 Å². The minimum atomic E-state index is -2.43. The van der Waals surface area contributed by atoms with Crippen molar-refractivity contribution < 1.29 is 27.5 Å². The van der Waals surface area contributed by atoms with Crippen LogP contribution in [-0.2, 0) is 22.8 Å². The van der Waals surface area contributed by atoms with E-state index in [0.717, 1.165) is 43.0 Å². The zero-order valence-corrected chi connectivity index (χ0v) is 17.9. The molecule has 0 radical (unpaired) electrons. The Morgan fingerprint density at radius 2 is 1.59 bits per heavy atom. The van der Waals surface area contributed by atoms with E-state index in [4.69, 9.17) is 22.8 Å². The second-order valence-corrected chi connectivity index (χ2v) is 9.05. The third-order valence-corrected chi connectivity index (χ3v) is 6.99. The molecule has 0 aromatic heterocycles. The van der Waals surface area contributed by atoms with Crippen molar-refractivity contribution in [3.63, 3.8) is 0 Å². The number of unbranched alkanes of at least 4 members (excludes halogenated alkanes) is 3. The van der Waals surface area contributed by atoms with Gasteiger partial charge in [0.05, 0.1) is 13.2 Å². The van der Waals surface area contributed by atoms with Crippen molar-refractivity contribution in [3.05, 3.63) is 35.9 Å². The predicted molar refractivity (Wildman–Crippen MR) is 108 cm³/mol. The fourth-order valence-electron chi connectivity index (χ4n) is 2.57. The third kappa shape index (κ3) is 9.19. The van der Waals surface area contributed by atoms with Gasteiger partial charge in [0.1, 0.15) is 5.75 Å². The summed E-state index contributed by atoms with van der Waals surface area (Å²) in [5.74, 6) is 0.493. The smallest absolute Gasteiger partial charge is 0.494 e. The summed E-state index contributed by atoms with van der Waals surface area (Å²) in [7, 11) is 2.50. The SMILES string of the molecule is CCOC(=O)/C=C/c1ccc(OCCCCCC[Si](OC)(OC)OC)cc1. The molecule has 1 aromatic carbocycles. The zero-order valence-electron chi connectivity index (χ0n) is 16.9. The molecule has 0 aliphatic heterocycles. The highest BCUT2D eigenvalue weighted by atomic mass is 28.4. The Balaban J connectivity index is 2.21. The maximum absolute atomic E-state index is 11.3. The van der Waals surface area contributed by atoms with Crippen molar-refractivity contribution >= 4 is 20.8 Å². The van der Waals surface area contributed by atoms with E-state index < -0.39 is 8.80 Å². The number of esters is 1. The van der Waals surface area contributed by atoms with Crippen LogP contribution in [-0.4, -0.2) is 49.3 Å². The van der Waals surface area contributed by atoms with Crippen LogP contribution in [0.15, 0.2) is 30.3 Å². The lowest BCUT2D eigenvalue weighted by Crippen LogP contribution is -2.42. The Hall–Kier alpha value is -1.67. The van der Waals surface area contributed by atoms with Crippen LogP contribution in [0.5, 0.6) is 5.75 Å². The number of benzene rings is 1. The van der Waals surface area contributed by atoms with Gasteiger partial charge in [-0.15, -0.1) is 0 Å². The molecule has 1 rings (SSSR count). The van der Waals surface area contributed by atoms with Crippen molar-refractivity contribution in [1.82, 2.24) is 0 Å². The molecule has 27 heavy (non-hydrogen) atoms. The summed E-state index contributed by atoms with van der Waals surface area (Å²) in [4.78, 5) is 11.3. The molecule has 0 bridgehead atoms. The first-order valence-electron chi connectivity index (χ1n) is 9.32. The van der Waals surface area contributed by atoms with Crippen LogP contribution < -0.4 is 4.74 Å². The lowest BCUT2D eigenvalue weighted by molar-refractivity contribution is -0.137. The second kappa shape index (κ2) is 13.5. The van der Waals surface area contributed by atoms with Crippen molar-refractivity contribution in [2.24, 2.45) is 0 Å². The molecule has 0 amide bonds. The number of ether oxygens (including phenoxy) is 2. The van der Waals surface area contributed by atoms with Gasteiger partial charge in [0.2, 0.25) is 0 Å². The van der Waals surface area contributed by atoms with Crippen LogP contribution in [0.25, 0.3) is 6.08 Å². The third-order valence-electron chi connectivity index (χ3n) is 4.16. The minimum absolute atomic E-state index is 0.334. The largest absolute Gasteiger partial charge is 0.500 e. The van der Waals surface area contributed by atoms with E-state index in [2.05, 4.69) is 0 Å². The molecule has 0 saturated carbocycles. The average molecular weight is 397 g/mol. The highest BCUT2D eigenvalue weighted by Crippen LogP contribution is 2.18. The molecule has 0 N–H and O–H groups in total. The molecule has 6 nitrogen and oxygen atoms in total. The van der Waals surface area contributed by atoms with E-state index in [1.807, 2.05) is 24.3 Å². The fourth-order valence-corrected chi connectivity index (χ4v) is 4.37. The topological polar surface area (TPSA) is 63.2 Å². The average Bonchev–Trinajstić information content (AvgIpc) is 2.70. The Kier molecular flexibility index (Phi) is 11.7. The van der Waals surface area contributed by atoms with Crippen molar-refractivity contribution in [1.29, 1.82) is 0 Å². The fraction of sp³-hybridized carbons (Fsp3) is 0.550. The molecule has 0 saturated heterocycles. The summed E-state index contributed by atoms with van der Waals surface area (Å²) in [5.41, 5.74) is 0.928. The maximum Gasteiger partial charge on any atom is 0.500 e. The molecule has 152 valence electrons. The van der Waals surface area contributed by atoms with Crippen molar-refractivity contribution in [2.75, 3.05) is 34.5 Å². The van der Waals surface area contributed by atoms with Gasteiger partial charge in [-0.05, 0) is 43.5 Å². The summed E-state index contributed by atoms with van der Waals surface area (Å²) in [6, 6.07) is 8.46. The Labute approximate surface area is 163 Å². The molecule has 0 spiro atoms. The summed E-state index contributed by atoms with van der Waals surface area (Å²) in [6.07, 6.45) is 7.34. The summed E-state index contributed by atoms with van der Waals surface area (Å²) < 4.78 is 26.8. The highest BCUT2D eigenvalue weighted by molar-refractivity contribution is 6.60.